The summed E-state index contributed by atoms with van der Waals surface area (Å²) >= 11 is 0. The van der Waals surface area contributed by atoms with E-state index in [1.165, 1.54) is 13.2 Å². The van der Waals surface area contributed by atoms with Crippen LogP contribution in [0.1, 0.15) is 16.3 Å². The summed E-state index contributed by atoms with van der Waals surface area (Å²) in [7, 11) is 3.10. The van der Waals surface area contributed by atoms with Crippen molar-refractivity contribution >= 4 is 23.1 Å². The van der Waals surface area contributed by atoms with Gasteiger partial charge in [-0.2, -0.15) is 4.98 Å². The number of likely N-dealkylation sites (tertiary alicyclic amines) is 1. The zero-order valence-corrected chi connectivity index (χ0v) is 20.8. The van der Waals surface area contributed by atoms with E-state index in [4.69, 9.17) is 24.6 Å². The topological polar surface area (TPSA) is 203 Å². The zero-order valence-electron chi connectivity index (χ0n) is 20.8. The molecule has 7 N–H and O–H groups in total. The average Bonchev–Trinajstić information content (AvgIpc) is 3.60. The smallest absolute Gasteiger partial charge is 0.369 e. The monoisotopic (exact) mass is 527 g/mol. The van der Waals surface area contributed by atoms with Crippen LogP contribution in [0.15, 0.2) is 28.8 Å². The summed E-state index contributed by atoms with van der Waals surface area (Å²) in [5.41, 5.74) is 0.781. The summed E-state index contributed by atoms with van der Waals surface area (Å²) in [6.45, 7) is 4.68. The SMILES string of the molecule is CNc1cc(Nc2cccc(-c3nc(CN4CC5CNCC5C4)no3)c2OC)c(C(=O)NC(O)(O)O)nn1. The van der Waals surface area contributed by atoms with E-state index in [0.29, 0.717) is 47.0 Å². The molecule has 2 aliphatic rings. The third-order valence-corrected chi connectivity index (χ3v) is 6.56. The molecule has 2 fully saturated rings. The number of anilines is 3. The molecule has 2 saturated heterocycles. The first-order valence-electron chi connectivity index (χ1n) is 12.0. The molecule has 0 spiro atoms. The third-order valence-electron chi connectivity index (χ3n) is 6.56. The van der Waals surface area contributed by atoms with Crippen molar-refractivity contribution in [2.45, 2.75) is 12.6 Å². The molecule has 202 valence electrons. The lowest BCUT2D eigenvalue weighted by Gasteiger charge is -2.18. The fraction of sp³-hybridized carbons (Fsp3) is 0.435. The Morgan fingerprint density at radius 3 is 2.66 bits per heavy atom. The largest absolute Gasteiger partial charge is 0.494 e. The number of fused-ring (bicyclic) bond motifs is 1. The van der Waals surface area contributed by atoms with Crippen LogP contribution in [0.2, 0.25) is 0 Å². The second-order valence-electron chi connectivity index (χ2n) is 9.23. The van der Waals surface area contributed by atoms with E-state index in [-0.39, 0.29) is 17.3 Å². The molecule has 2 aromatic heterocycles. The van der Waals surface area contributed by atoms with Crippen molar-refractivity contribution in [3.05, 3.63) is 35.8 Å². The molecule has 1 aromatic carbocycles. The van der Waals surface area contributed by atoms with Gasteiger partial charge in [0.25, 0.3) is 11.8 Å². The van der Waals surface area contributed by atoms with Crippen LogP contribution in [-0.2, 0) is 6.54 Å². The maximum Gasteiger partial charge on any atom is 0.369 e. The van der Waals surface area contributed by atoms with Gasteiger partial charge in [0, 0.05) is 26.2 Å². The van der Waals surface area contributed by atoms with Gasteiger partial charge in [-0.05, 0) is 37.1 Å². The van der Waals surface area contributed by atoms with Crippen molar-refractivity contribution in [1.29, 1.82) is 0 Å². The number of hydrogen-bond acceptors (Lipinski definition) is 14. The standard InChI is InChI=1S/C23H29N9O6/c1-24-17-6-16(19(30-29-17)21(33)28-23(34,35)36)26-15-5-3-4-14(20(15)37-2)22-27-18(31-38-22)11-32-9-12-7-25-8-13(12)10-32/h3-6,12-13,25,34-36H,7-11H2,1-2H3,(H,28,33)(H2,24,26,29). The Morgan fingerprint density at radius 1 is 1.21 bits per heavy atom. The summed E-state index contributed by atoms with van der Waals surface area (Å²) in [6, 6.07) is 6.69. The number of carbonyl (C=O) groups is 1. The Bertz CT molecular complexity index is 1300. The summed E-state index contributed by atoms with van der Waals surface area (Å²) in [5, 5.41) is 50.2. The molecule has 1 amide bonds. The van der Waals surface area contributed by atoms with Gasteiger partial charge in [-0.15, -0.1) is 10.2 Å². The van der Waals surface area contributed by atoms with Crippen molar-refractivity contribution < 1.29 is 29.4 Å². The summed E-state index contributed by atoms with van der Waals surface area (Å²) in [5.74, 6) is 1.76. The molecule has 2 unspecified atom stereocenters. The lowest BCUT2D eigenvalue weighted by molar-refractivity contribution is -0.323. The molecule has 2 aliphatic heterocycles. The molecule has 4 heterocycles. The zero-order chi connectivity index (χ0) is 26.9. The van der Waals surface area contributed by atoms with E-state index < -0.39 is 12.0 Å². The van der Waals surface area contributed by atoms with Crippen molar-refractivity contribution in [3.63, 3.8) is 0 Å². The van der Waals surface area contributed by atoms with Crippen LogP contribution in [-0.4, -0.2) is 92.9 Å². The average molecular weight is 528 g/mol. The molecular weight excluding hydrogens is 498 g/mol. The highest BCUT2D eigenvalue weighted by Crippen LogP contribution is 2.38. The Kier molecular flexibility index (Phi) is 7.09. The van der Waals surface area contributed by atoms with Crippen LogP contribution >= 0.6 is 0 Å². The number of benzene rings is 1. The maximum absolute atomic E-state index is 12.5. The van der Waals surface area contributed by atoms with Crippen LogP contribution in [0.3, 0.4) is 0 Å². The third kappa shape index (κ3) is 5.51. The molecular formula is C23H29N9O6. The molecule has 0 radical (unpaired) electrons. The normalized spacial score (nSPS) is 19.3. The minimum atomic E-state index is -3.43. The summed E-state index contributed by atoms with van der Waals surface area (Å²) < 4.78 is 11.2. The second-order valence-corrected chi connectivity index (χ2v) is 9.23. The first kappa shape index (κ1) is 25.7. The highest BCUT2D eigenvalue weighted by atomic mass is 16.7. The fourth-order valence-corrected chi connectivity index (χ4v) is 4.87. The molecule has 38 heavy (non-hydrogen) atoms. The van der Waals surface area contributed by atoms with Crippen LogP contribution in [0.25, 0.3) is 11.5 Å². The molecule has 0 bridgehead atoms. The first-order valence-corrected chi connectivity index (χ1v) is 12.0. The number of nitrogens with one attached hydrogen (secondary N) is 4. The highest BCUT2D eigenvalue weighted by molar-refractivity contribution is 5.99. The molecule has 0 saturated carbocycles. The van der Waals surface area contributed by atoms with E-state index >= 15 is 0 Å². The van der Waals surface area contributed by atoms with Crippen LogP contribution < -0.4 is 26.0 Å². The summed E-state index contributed by atoms with van der Waals surface area (Å²) in [6.07, 6.45) is -3.43. The van der Waals surface area contributed by atoms with E-state index in [1.807, 2.05) is 0 Å². The van der Waals surface area contributed by atoms with E-state index in [2.05, 4.69) is 41.2 Å². The Balaban J connectivity index is 1.39. The van der Waals surface area contributed by atoms with Gasteiger partial charge in [-0.1, -0.05) is 11.2 Å². The van der Waals surface area contributed by atoms with Crippen LogP contribution in [0, 0.1) is 11.8 Å². The highest BCUT2D eigenvalue weighted by Gasteiger charge is 2.36. The van der Waals surface area contributed by atoms with Gasteiger partial charge < -0.3 is 40.5 Å². The number of nitrogens with zero attached hydrogens (tertiary/aromatic N) is 5. The molecule has 0 aliphatic carbocycles. The number of methoxy groups -OCH3 is 1. The van der Waals surface area contributed by atoms with Gasteiger partial charge in [-0.25, -0.2) is 0 Å². The van der Waals surface area contributed by atoms with Gasteiger partial charge in [0.15, 0.2) is 23.1 Å². The first-order chi connectivity index (χ1) is 18.2. The maximum atomic E-state index is 12.5. The number of rotatable bonds is 9. The van der Waals surface area contributed by atoms with Crippen molar-refractivity contribution in [1.82, 2.24) is 35.9 Å². The van der Waals surface area contributed by atoms with Crippen molar-refractivity contribution in [3.8, 4) is 17.2 Å². The quantitative estimate of drug-likeness (QED) is 0.172. The van der Waals surface area contributed by atoms with Gasteiger partial charge in [0.05, 0.1) is 30.6 Å². The molecule has 3 aromatic rings. The fourth-order valence-electron chi connectivity index (χ4n) is 4.87. The Morgan fingerprint density at radius 2 is 1.97 bits per heavy atom. The van der Waals surface area contributed by atoms with Gasteiger partial charge >= 0.3 is 6.10 Å². The number of aliphatic hydroxyl groups is 3. The lowest BCUT2D eigenvalue weighted by atomic mass is 10.0. The molecule has 2 atom stereocenters. The van der Waals surface area contributed by atoms with Crippen LogP contribution in [0.4, 0.5) is 17.2 Å². The van der Waals surface area contributed by atoms with Crippen LogP contribution in [0.5, 0.6) is 5.75 Å². The molecule has 15 heteroatoms. The minimum absolute atomic E-state index is 0.141. The predicted octanol–water partition coefficient (Wildman–Crippen LogP) is -0.710. The van der Waals surface area contributed by atoms with E-state index in [9.17, 15) is 4.79 Å². The van der Waals surface area contributed by atoms with Crippen molar-refractivity contribution in [2.24, 2.45) is 11.8 Å². The Labute approximate surface area is 217 Å². The number of ether oxygens (including phenoxy) is 1. The molecule has 5 rings (SSSR count). The predicted molar refractivity (Wildman–Crippen MR) is 133 cm³/mol. The lowest BCUT2D eigenvalue weighted by Crippen LogP contribution is -2.48. The Hall–Kier alpha value is -3.89. The minimum Gasteiger partial charge on any atom is -0.494 e. The number of amides is 1. The number of hydrogen-bond donors (Lipinski definition) is 7. The number of carbonyl (C=O) groups excluding carboxylic acids is 1. The van der Waals surface area contributed by atoms with Gasteiger partial charge in [0.2, 0.25) is 0 Å². The second kappa shape index (κ2) is 10.5. The van der Waals surface area contributed by atoms with Crippen molar-refractivity contribution in [2.75, 3.05) is 51.0 Å². The van der Waals surface area contributed by atoms with Gasteiger partial charge in [-0.3, -0.25) is 15.0 Å². The van der Waals surface area contributed by atoms with E-state index in [1.54, 1.807) is 30.6 Å². The van der Waals surface area contributed by atoms with Gasteiger partial charge in [0.1, 0.15) is 0 Å². The summed E-state index contributed by atoms with van der Waals surface area (Å²) in [4.78, 5) is 19.4. The van der Waals surface area contributed by atoms with E-state index in [0.717, 1.165) is 26.2 Å². The number of aromatic nitrogens is 4. The molecule has 15 nitrogen and oxygen atoms in total. The number of para-hydroxylation sites is 1.